The standard InChI is InChI=1S/C23H27N3O4/c1-28-20-9-10-21(29-2)22-18(20)15-19(25-22)23(27)24-16-5-7-17(8-6-16)30-14-13-26-11-3-4-12-26/h5-10,15,25H,3-4,11-14H2,1-2H3,(H,24,27). The van der Waals surface area contributed by atoms with Crippen molar-refractivity contribution in [3.05, 3.63) is 48.2 Å². The number of hydrogen-bond donors (Lipinski definition) is 2. The normalized spacial score (nSPS) is 14.1. The van der Waals surface area contributed by atoms with Gasteiger partial charge in [-0.05, 0) is 68.4 Å². The van der Waals surface area contributed by atoms with E-state index in [1.54, 1.807) is 20.3 Å². The lowest BCUT2D eigenvalue weighted by Crippen LogP contribution is -2.25. The summed E-state index contributed by atoms with van der Waals surface area (Å²) in [4.78, 5) is 18.3. The van der Waals surface area contributed by atoms with Gasteiger partial charge in [-0.3, -0.25) is 9.69 Å². The molecule has 2 N–H and O–H groups in total. The van der Waals surface area contributed by atoms with Gasteiger partial charge in [-0.1, -0.05) is 0 Å². The Labute approximate surface area is 175 Å². The van der Waals surface area contributed by atoms with Crippen molar-refractivity contribution in [3.63, 3.8) is 0 Å². The second kappa shape index (κ2) is 9.09. The molecule has 2 aromatic carbocycles. The van der Waals surface area contributed by atoms with Crippen LogP contribution in [0.5, 0.6) is 17.2 Å². The molecule has 0 radical (unpaired) electrons. The van der Waals surface area contributed by atoms with Crippen LogP contribution in [0.15, 0.2) is 42.5 Å². The van der Waals surface area contributed by atoms with E-state index >= 15 is 0 Å². The number of carbonyl (C=O) groups is 1. The van der Waals surface area contributed by atoms with Crippen LogP contribution in [0, 0.1) is 0 Å². The van der Waals surface area contributed by atoms with Crippen molar-refractivity contribution in [2.45, 2.75) is 12.8 Å². The monoisotopic (exact) mass is 409 g/mol. The largest absolute Gasteiger partial charge is 0.496 e. The zero-order valence-electron chi connectivity index (χ0n) is 17.4. The van der Waals surface area contributed by atoms with Gasteiger partial charge < -0.3 is 24.5 Å². The van der Waals surface area contributed by atoms with Gasteiger partial charge in [0.15, 0.2) is 0 Å². The zero-order valence-corrected chi connectivity index (χ0v) is 17.4. The number of carbonyl (C=O) groups excluding carboxylic acids is 1. The Morgan fingerprint density at radius 1 is 1.03 bits per heavy atom. The van der Waals surface area contributed by atoms with Crippen LogP contribution in [0.4, 0.5) is 5.69 Å². The first-order valence-electron chi connectivity index (χ1n) is 10.2. The third-order valence-corrected chi connectivity index (χ3v) is 5.39. The van der Waals surface area contributed by atoms with E-state index < -0.39 is 0 Å². The van der Waals surface area contributed by atoms with E-state index in [9.17, 15) is 4.79 Å². The number of rotatable bonds is 8. The summed E-state index contributed by atoms with van der Waals surface area (Å²) in [5.41, 5.74) is 1.85. The lowest BCUT2D eigenvalue weighted by Gasteiger charge is -2.15. The van der Waals surface area contributed by atoms with Crippen molar-refractivity contribution in [3.8, 4) is 17.2 Å². The lowest BCUT2D eigenvalue weighted by molar-refractivity contribution is 0.102. The lowest BCUT2D eigenvalue weighted by atomic mass is 10.2. The van der Waals surface area contributed by atoms with Crippen molar-refractivity contribution in [1.29, 1.82) is 0 Å². The van der Waals surface area contributed by atoms with E-state index in [2.05, 4.69) is 15.2 Å². The summed E-state index contributed by atoms with van der Waals surface area (Å²) >= 11 is 0. The minimum absolute atomic E-state index is 0.238. The first kappa shape index (κ1) is 20.1. The molecular formula is C23H27N3O4. The highest BCUT2D eigenvalue weighted by molar-refractivity contribution is 6.07. The van der Waals surface area contributed by atoms with Gasteiger partial charge in [-0.25, -0.2) is 0 Å². The molecule has 7 nitrogen and oxygen atoms in total. The molecule has 0 unspecified atom stereocenters. The van der Waals surface area contributed by atoms with Crippen LogP contribution in [0.2, 0.25) is 0 Å². The Kier molecular flexibility index (Phi) is 6.09. The van der Waals surface area contributed by atoms with Crippen molar-refractivity contribution >= 4 is 22.5 Å². The summed E-state index contributed by atoms with van der Waals surface area (Å²) in [7, 11) is 3.19. The Hall–Kier alpha value is -3.19. The number of H-pyrrole nitrogens is 1. The fourth-order valence-electron chi connectivity index (χ4n) is 3.77. The number of fused-ring (bicyclic) bond motifs is 1. The average molecular weight is 409 g/mol. The second-order valence-electron chi connectivity index (χ2n) is 7.32. The number of ether oxygens (including phenoxy) is 3. The number of likely N-dealkylation sites (tertiary alicyclic amines) is 1. The van der Waals surface area contributed by atoms with Crippen molar-refractivity contribution in [1.82, 2.24) is 9.88 Å². The number of aromatic amines is 1. The molecule has 0 aliphatic carbocycles. The number of benzene rings is 2. The maximum atomic E-state index is 12.7. The first-order chi connectivity index (χ1) is 14.7. The second-order valence-corrected chi connectivity index (χ2v) is 7.32. The Balaban J connectivity index is 1.39. The predicted molar refractivity (Wildman–Crippen MR) is 117 cm³/mol. The Morgan fingerprint density at radius 3 is 2.43 bits per heavy atom. The molecule has 1 aliphatic rings. The van der Waals surface area contributed by atoms with E-state index in [1.807, 2.05) is 36.4 Å². The van der Waals surface area contributed by atoms with Gasteiger partial charge in [0, 0.05) is 17.6 Å². The van der Waals surface area contributed by atoms with Gasteiger partial charge in [0.25, 0.3) is 5.91 Å². The molecule has 1 amide bonds. The van der Waals surface area contributed by atoms with Crippen LogP contribution in [-0.2, 0) is 0 Å². The van der Waals surface area contributed by atoms with E-state index in [1.165, 1.54) is 25.9 Å². The van der Waals surface area contributed by atoms with Crippen molar-refractivity contribution in [2.24, 2.45) is 0 Å². The van der Waals surface area contributed by atoms with Gasteiger partial charge in [-0.2, -0.15) is 0 Å². The molecule has 3 aromatic rings. The molecule has 1 aromatic heterocycles. The SMILES string of the molecule is COc1ccc(OC)c2[nH]c(C(=O)Nc3ccc(OCCN4CCCC4)cc3)cc12. The number of hydrogen-bond acceptors (Lipinski definition) is 5. The minimum Gasteiger partial charge on any atom is -0.496 e. The smallest absolute Gasteiger partial charge is 0.272 e. The summed E-state index contributed by atoms with van der Waals surface area (Å²) < 4.78 is 16.6. The summed E-state index contributed by atoms with van der Waals surface area (Å²) in [5.74, 6) is 1.89. The van der Waals surface area contributed by atoms with Crippen LogP contribution in [0.3, 0.4) is 0 Å². The summed E-state index contributed by atoms with van der Waals surface area (Å²) in [6.45, 7) is 3.95. The first-order valence-corrected chi connectivity index (χ1v) is 10.2. The Bertz CT molecular complexity index is 966. The highest BCUT2D eigenvalue weighted by Gasteiger charge is 2.16. The van der Waals surface area contributed by atoms with Gasteiger partial charge >= 0.3 is 0 Å². The third kappa shape index (κ3) is 4.36. The number of aromatic nitrogens is 1. The van der Waals surface area contributed by atoms with Crippen LogP contribution < -0.4 is 19.5 Å². The zero-order chi connectivity index (χ0) is 20.9. The molecule has 7 heteroatoms. The van der Waals surface area contributed by atoms with E-state index in [0.29, 0.717) is 29.5 Å². The highest BCUT2D eigenvalue weighted by Crippen LogP contribution is 2.33. The summed E-state index contributed by atoms with van der Waals surface area (Å²) in [5, 5.41) is 3.70. The third-order valence-electron chi connectivity index (χ3n) is 5.39. The number of nitrogens with zero attached hydrogens (tertiary/aromatic N) is 1. The van der Waals surface area contributed by atoms with Gasteiger partial charge in [0.1, 0.15) is 29.5 Å². The van der Waals surface area contributed by atoms with Gasteiger partial charge in [0.2, 0.25) is 0 Å². The molecule has 1 fully saturated rings. The van der Waals surface area contributed by atoms with Gasteiger partial charge in [0.05, 0.1) is 19.7 Å². The molecule has 1 aliphatic heterocycles. The Morgan fingerprint density at radius 2 is 1.73 bits per heavy atom. The fraction of sp³-hybridized carbons (Fsp3) is 0.348. The molecule has 0 bridgehead atoms. The van der Waals surface area contributed by atoms with E-state index in [-0.39, 0.29) is 5.91 Å². The predicted octanol–water partition coefficient (Wildman–Crippen LogP) is 3.91. The molecule has 30 heavy (non-hydrogen) atoms. The number of amides is 1. The number of nitrogens with one attached hydrogen (secondary N) is 2. The van der Waals surface area contributed by atoms with Crippen molar-refractivity contribution in [2.75, 3.05) is 45.8 Å². The average Bonchev–Trinajstić information content (AvgIpc) is 3.44. The number of anilines is 1. The van der Waals surface area contributed by atoms with Crippen LogP contribution in [0.1, 0.15) is 23.3 Å². The molecule has 0 saturated carbocycles. The molecular weight excluding hydrogens is 382 g/mol. The van der Waals surface area contributed by atoms with E-state index in [0.717, 1.165) is 23.2 Å². The van der Waals surface area contributed by atoms with Crippen molar-refractivity contribution < 1.29 is 19.0 Å². The minimum atomic E-state index is -0.238. The molecule has 0 atom stereocenters. The molecule has 2 heterocycles. The topological polar surface area (TPSA) is 75.8 Å². The summed E-state index contributed by atoms with van der Waals surface area (Å²) in [6.07, 6.45) is 2.56. The van der Waals surface area contributed by atoms with Crippen LogP contribution >= 0.6 is 0 Å². The van der Waals surface area contributed by atoms with Crippen LogP contribution in [-0.4, -0.2) is 56.3 Å². The maximum Gasteiger partial charge on any atom is 0.272 e. The summed E-state index contributed by atoms with van der Waals surface area (Å²) in [6, 6.07) is 12.8. The quantitative estimate of drug-likeness (QED) is 0.590. The number of methoxy groups -OCH3 is 2. The maximum absolute atomic E-state index is 12.7. The van der Waals surface area contributed by atoms with Gasteiger partial charge in [-0.15, -0.1) is 0 Å². The molecule has 4 rings (SSSR count). The molecule has 158 valence electrons. The fourth-order valence-corrected chi connectivity index (χ4v) is 3.77. The van der Waals surface area contributed by atoms with Crippen LogP contribution in [0.25, 0.3) is 10.9 Å². The van der Waals surface area contributed by atoms with E-state index in [4.69, 9.17) is 14.2 Å². The highest BCUT2D eigenvalue weighted by atomic mass is 16.5. The molecule has 1 saturated heterocycles. The molecule has 0 spiro atoms.